The fraction of sp³-hybridized carbons (Fsp3) is 0.222. The van der Waals surface area contributed by atoms with Gasteiger partial charge in [-0.05, 0) is 36.4 Å². The molecule has 0 spiro atoms. The molecule has 150 valence electrons. The highest BCUT2D eigenvalue weighted by Gasteiger charge is 2.33. The Kier molecular flexibility index (Phi) is 5.03. The van der Waals surface area contributed by atoms with Gasteiger partial charge in [0.1, 0.15) is 5.01 Å². The van der Waals surface area contributed by atoms with Crippen molar-refractivity contribution >= 4 is 31.4 Å². The lowest BCUT2D eigenvalue weighted by molar-refractivity contribution is 0.440. The Labute approximate surface area is 169 Å². The summed E-state index contributed by atoms with van der Waals surface area (Å²) in [6.45, 7) is 0.339. The first-order chi connectivity index (χ1) is 13.8. The number of pyridine rings is 1. The van der Waals surface area contributed by atoms with Crippen molar-refractivity contribution in [1.29, 1.82) is 0 Å². The summed E-state index contributed by atoms with van der Waals surface area (Å²) in [4.78, 5) is 18.4. The van der Waals surface area contributed by atoms with Crippen molar-refractivity contribution in [2.24, 2.45) is 0 Å². The zero-order chi connectivity index (χ0) is 20.6. The summed E-state index contributed by atoms with van der Waals surface area (Å²) in [5.41, 5.74) is 2.22. The molecule has 11 heteroatoms. The van der Waals surface area contributed by atoms with E-state index in [-0.39, 0.29) is 11.4 Å². The van der Waals surface area contributed by atoms with Gasteiger partial charge in [-0.2, -0.15) is 0 Å². The van der Waals surface area contributed by atoms with Crippen molar-refractivity contribution in [2.75, 3.05) is 13.3 Å². The van der Waals surface area contributed by atoms with E-state index in [0.29, 0.717) is 23.0 Å². The summed E-state index contributed by atoms with van der Waals surface area (Å²) in [6.07, 6.45) is 2.75. The molecule has 0 fully saturated rings. The molecule has 0 bridgehead atoms. The number of thiazole rings is 1. The van der Waals surface area contributed by atoms with E-state index in [4.69, 9.17) is 4.42 Å². The van der Waals surface area contributed by atoms with E-state index in [1.807, 2.05) is 18.2 Å². The molecular weight excluding hydrogens is 414 g/mol. The molecule has 1 unspecified atom stereocenters. The van der Waals surface area contributed by atoms with E-state index in [0.717, 1.165) is 22.1 Å². The normalized spacial score (nSPS) is 13.0. The number of nitrogens with one attached hydrogen (secondary N) is 2. The second-order valence-electron chi connectivity index (χ2n) is 6.45. The van der Waals surface area contributed by atoms with E-state index >= 15 is 0 Å². The molecule has 0 saturated heterocycles. The van der Waals surface area contributed by atoms with Crippen LogP contribution in [0.2, 0.25) is 0 Å². The third-order valence-electron chi connectivity index (χ3n) is 4.21. The molecule has 29 heavy (non-hydrogen) atoms. The third-order valence-corrected chi connectivity index (χ3v) is 6.72. The van der Waals surface area contributed by atoms with Gasteiger partial charge in [-0.15, -0.1) is 21.5 Å². The zero-order valence-corrected chi connectivity index (χ0v) is 17.2. The largest absolute Gasteiger partial charge is 0.422 e. The first-order valence-corrected chi connectivity index (χ1v) is 11.4. The molecule has 2 N–H and O–H groups in total. The summed E-state index contributed by atoms with van der Waals surface area (Å²) in [6, 6.07) is 8.77. The first kappa shape index (κ1) is 19.4. The lowest BCUT2D eigenvalue weighted by atomic mass is 10.1. The molecule has 0 saturated carbocycles. The highest BCUT2D eigenvalue weighted by Crippen LogP contribution is 2.36. The number of rotatable bonds is 6. The van der Waals surface area contributed by atoms with Crippen molar-refractivity contribution in [2.45, 2.75) is 11.8 Å². The van der Waals surface area contributed by atoms with Gasteiger partial charge in [-0.3, -0.25) is 4.79 Å². The van der Waals surface area contributed by atoms with Crippen molar-refractivity contribution in [3.05, 3.63) is 63.7 Å². The highest BCUT2D eigenvalue weighted by molar-refractivity contribution is 7.91. The Morgan fingerprint density at radius 2 is 2.00 bits per heavy atom. The number of H-pyrrole nitrogens is 1. The van der Waals surface area contributed by atoms with Gasteiger partial charge in [-0.25, -0.2) is 13.4 Å². The second-order valence-corrected chi connectivity index (χ2v) is 9.64. The maximum atomic E-state index is 12.5. The van der Waals surface area contributed by atoms with Gasteiger partial charge >= 0.3 is 0 Å². The van der Waals surface area contributed by atoms with E-state index in [9.17, 15) is 13.2 Å². The molecule has 1 aromatic carbocycles. The van der Waals surface area contributed by atoms with Gasteiger partial charge in [-0.1, -0.05) is 6.07 Å². The Morgan fingerprint density at radius 3 is 2.69 bits per heavy atom. The average Bonchev–Trinajstić information content (AvgIpc) is 3.28. The maximum Gasteiger partial charge on any atom is 0.247 e. The quantitative estimate of drug-likeness (QED) is 0.473. The number of sulfone groups is 1. The summed E-state index contributed by atoms with van der Waals surface area (Å²) in [5.74, 6) is 0.301. The van der Waals surface area contributed by atoms with E-state index in [1.165, 1.54) is 17.4 Å². The summed E-state index contributed by atoms with van der Waals surface area (Å²) in [7, 11) is -1.87. The monoisotopic (exact) mass is 431 g/mol. The lowest BCUT2D eigenvalue weighted by Gasteiger charge is -2.07. The van der Waals surface area contributed by atoms with Crippen LogP contribution in [0, 0.1) is 0 Å². The van der Waals surface area contributed by atoms with E-state index < -0.39 is 15.1 Å². The van der Waals surface area contributed by atoms with E-state index in [1.54, 1.807) is 19.3 Å². The van der Waals surface area contributed by atoms with Crippen LogP contribution < -0.4 is 10.9 Å². The minimum absolute atomic E-state index is 0.00216. The van der Waals surface area contributed by atoms with Gasteiger partial charge in [0.25, 0.3) is 0 Å². The predicted molar refractivity (Wildman–Crippen MR) is 109 cm³/mol. The van der Waals surface area contributed by atoms with Gasteiger partial charge in [0.15, 0.2) is 15.1 Å². The maximum absolute atomic E-state index is 12.5. The van der Waals surface area contributed by atoms with Crippen LogP contribution in [-0.2, 0) is 16.4 Å². The van der Waals surface area contributed by atoms with Crippen LogP contribution in [-0.4, -0.2) is 41.9 Å². The minimum Gasteiger partial charge on any atom is -0.422 e. The van der Waals surface area contributed by atoms with E-state index in [2.05, 4.69) is 25.5 Å². The highest BCUT2D eigenvalue weighted by atomic mass is 32.2. The molecule has 0 aliphatic carbocycles. The molecule has 3 heterocycles. The number of benzene rings is 1. The van der Waals surface area contributed by atoms with Crippen LogP contribution in [0.1, 0.15) is 22.0 Å². The number of hydrogen-bond acceptors (Lipinski definition) is 9. The number of nitrogens with zero attached hydrogens (tertiary/aromatic N) is 3. The molecule has 0 amide bonds. The van der Waals surface area contributed by atoms with Crippen molar-refractivity contribution in [1.82, 2.24) is 25.5 Å². The van der Waals surface area contributed by atoms with Crippen LogP contribution in [0.15, 0.2) is 45.7 Å². The lowest BCUT2D eigenvalue weighted by Crippen LogP contribution is -2.13. The summed E-state index contributed by atoms with van der Waals surface area (Å²) >= 11 is 1.26. The van der Waals surface area contributed by atoms with Crippen LogP contribution in [0.25, 0.3) is 21.3 Å². The zero-order valence-electron chi connectivity index (χ0n) is 15.5. The second kappa shape index (κ2) is 7.50. The molecule has 0 aliphatic heterocycles. The van der Waals surface area contributed by atoms with Crippen molar-refractivity contribution in [3.63, 3.8) is 0 Å². The number of aromatic nitrogens is 4. The van der Waals surface area contributed by atoms with Gasteiger partial charge in [0.2, 0.25) is 17.3 Å². The molecule has 1 atom stereocenters. The SMILES string of the molecule is CNCc1nnc(C(c2nc3ccc(-c4ccc(=O)[nH]c4)cc3s2)S(C)(=O)=O)o1. The third kappa shape index (κ3) is 3.97. The molecule has 9 nitrogen and oxygen atoms in total. The fourth-order valence-corrected chi connectivity index (χ4v) is 5.42. The minimum atomic E-state index is -3.60. The molecule has 4 rings (SSSR count). The van der Waals surface area contributed by atoms with Crippen LogP contribution in [0.3, 0.4) is 0 Å². The molecular formula is C18H17N5O4S2. The Bertz CT molecular complexity index is 1320. The van der Waals surface area contributed by atoms with Crippen LogP contribution in [0.5, 0.6) is 0 Å². The molecule has 0 aliphatic rings. The topological polar surface area (TPSA) is 131 Å². The summed E-state index contributed by atoms with van der Waals surface area (Å²) in [5, 5.41) is 9.92. The number of hydrogen-bond donors (Lipinski definition) is 2. The van der Waals surface area contributed by atoms with Gasteiger partial charge in [0.05, 0.1) is 16.8 Å². The van der Waals surface area contributed by atoms with Gasteiger partial charge < -0.3 is 14.7 Å². The van der Waals surface area contributed by atoms with Crippen molar-refractivity contribution < 1.29 is 12.8 Å². The average molecular weight is 431 g/mol. The fourth-order valence-electron chi connectivity index (χ4n) is 2.89. The molecule has 4 aromatic rings. The number of aromatic amines is 1. The van der Waals surface area contributed by atoms with Gasteiger partial charge in [0, 0.05) is 18.5 Å². The van der Waals surface area contributed by atoms with Crippen molar-refractivity contribution in [3.8, 4) is 11.1 Å². The standard InChI is InChI=1S/C18H17N5O4S2/c1-19-9-15-22-23-17(27-15)16(29(2,25)26)18-21-12-5-3-10(7-13(12)28-18)11-4-6-14(24)20-8-11/h3-8,16,19H,9H2,1-2H3,(H,20,24). The smallest absolute Gasteiger partial charge is 0.247 e. The molecule has 3 aromatic heterocycles. The Hall–Kier alpha value is -2.89. The molecule has 0 radical (unpaired) electrons. The Balaban J connectivity index is 1.78. The Morgan fingerprint density at radius 1 is 1.21 bits per heavy atom. The van der Waals surface area contributed by atoms with Crippen LogP contribution in [0.4, 0.5) is 0 Å². The first-order valence-electron chi connectivity index (χ1n) is 8.60. The van der Waals surface area contributed by atoms with Crippen LogP contribution >= 0.6 is 11.3 Å². The predicted octanol–water partition coefficient (Wildman–Crippen LogP) is 1.89. The summed E-state index contributed by atoms with van der Waals surface area (Å²) < 4.78 is 31.3. The number of fused-ring (bicyclic) bond motifs is 1.